The Hall–Kier alpha value is -1.50. The van der Waals surface area contributed by atoms with Crippen molar-refractivity contribution in [3.8, 4) is 0 Å². The van der Waals surface area contributed by atoms with Crippen molar-refractivity contribution in [2.75, 3.05) is 46.0 Å². The van der Waals surface area contributed by atoms with Gasteiger partial charge in [-0.15, -0.1) is 0 Å². The molecule has 6 heteroatoms. The zero-order valence-corrected chi connectivity index (χ0v) is 14.2. The van der Waals surface area contributed by atoms with Crippen LogP contribution in [0.15, 0.2) is 24.5 Å². The maximum absolute atomic E-state index is 12.8. The Bertz CT molecular complexity index is 499. The number of aromatic nitrogens is 1. The van der Waals surface area contributed by atoms with Crippen molar-refractivity contribution in [1.82, 2.24) is 14.8 Å². The molecule has 1 amide bonds. The quantitative estimate of drug-likeness (QED) is 0.753. The number of carbonyl (C=O) groups is 1. The van der Waals surface area contributed by atoms with Gasteiger partial charge in [-0.05, 0) is 37.0 Å². The molecule has 0 spiro atoms. The number of pyridine rings is 1. The van der Waals surface area contributed by atoms with Crippen LogP contribution in [0.1, 0.15) is 24.8 Å². The number of morpholine rings is 1. The van der Waals surface area contributed by atoms with Crippen molar-refractivity contribution >= 4 is 5.91 Å². The van der Waals surface area contributed by atoms with Gasteiger partial charge >= 0.3 is 0 Å². The molecule has 3 rings (SSSR count). The van der Waals surface area contributed by atoms with Crippen molar-refractivity contribution in [2.24, 2.45) is 0 Å². The second-order valence-corrected chi connectivity index (χ2v) is 6.42. The van der Waals surface area contributed by atoms with E-state index in [4.69, 9.17) is 9.47 Å². The Kier molecular flexibility index (Phi) is 6.57. The largest absolute Gasteiger partial charge is 0.379 e. The molecule has 2 saturated heterocycles. The van der Waals surface area contributed by atoms with Crippen LogP contribution in [-0.2, 0) is 20.8 Å². The summed E-state index contributed by atoms with van der Waals surface area (Å²) in [5.41, 5.74) is 1.11. The highest BCUT2D eigenvalue weighted by Crippen LogP contribution is 2.17. The highest BCUT2D eigenvalue weighted by Gasteiger charge is 2.28. The molecule has 0 bridgehead atoms. The van der Waals surface area contributed by atoms with E-state index in [1.54, 1.807) is 12.4 Å². The minimum Gasteiger partial charge on any atom is -0.379 e. The lowest BCUT2D eigenvalue weighted by molar-refractivity contribution is -0.141. The van der Waals surface area contributed by atoms with Gasteiger partial charge in [-0.3, -0.25) is 14.7 Å². The molecule has 1 atom stereocenters. The maximum Gasteiger partial charge on any atom is 0.251 e. The van der Waals surface area contributed by atoms with Crippen LogP contribution in [0.5, 0.6) is 0 Å². The second-order valence-electron chi connectivity index (χ2n) is 6.42. The molecule has 0 N–H and O–H groups in total. The number of hydrogen-bond donors (Lipinski definition) is 0. The standard InChI is InChI=1S/C18H27N3O3/c22-18(17-3-1-12-24-17)21(15-16-4-6-19-7-5-16)9-2-8-20-10-13-23-14-11-20/h4-7,17H,1-3,8-15H2. The molecule has 2 aliphatic rings. The van der Waals surface area contributed by atoms with E-state index in [0.717, 1.165) is 64.2 Å². The summed E-state index contributed by atoms with van der Waals surface area (Å²) in [5, 5.41) is 0. The number of ether oxygens (including phenoxy) is 2. The molecule has 0 aromatic carbocycles. The van der Waals surface area contributed by atoms with Crippen LogP contribution >= 0.6 is 0 Å². The summed E-state index contributed by atoms with van der Waals surface area (Å²) >= 11 is 0. The Balaban J connectivity index is 1.54. The van der Waals surface area contributed by atoms with Crippen LogP contribution in [-0.4, -0.2) is 72.8 Å². The van der Waals surface area contributed by atoms with Crippen LogP contribution in [0, 0.1) is 0 Å². The van der Waals surface area contributed by atoms with E-state index in [0.29, 0.717) is 13.2 Å². The van der Waals surface area contributed by atoms with Gasteiger partial charge in [0.05, 0.1) is 13.2 Å². The van der Waals surface area contributed by atoms with E-state index in [-0.39, 0.29) is 12.0 Å². The van der Waals surface area contributed by atoms with Gasteiger partial charge in [0.1, 0.15) is 6.10 Å². The van der Waals surface area contributed by atoms with E-state index in [9.17, 15) is 4.79 Å². The van der Waals surface area contributed by atoms with Crippen LogP contribution in [0.3, 0.4) is 0 Å². The van der Waals surface area contributed by atoms with Crippen LogP contribution in [0.2, 0.25) is 0 Å². The summed E-state index contributed by atoms with van der Waals surface area (Å²) < 4.78 is 11.0. The average Bonchev–Trinajstić information content (AvgIpc) is 3.17. The number of carbonyl (C=O) groups excluding carboxylic acids is 1. The third-order valence-corrected chi connectivity index (χ3v) is 4.65. The predicted molar refractivity (Wildman–Crippen MR) is 90.5 cm³/mol. The summed E-state index contributed by atoms with van der Waals surface area (Å²) in [4.78, 5) is 21.2. The minimum atomic E-state index is -0.254. The fraction of sp³-hybridized carbons (Fsp3) is 0.667. The van der Waals surface area contributed by atoms with Gasteiger partial charge in [0.15, 0.2) is 0 Å². The van der Waals surface area contributed by atoms with Gasteiger partial charge in [0.25, 0.3) is 5.91 Å². The first-order valence-corrected chi connectivity index (χ1v) is 8.92. The Labute approximate surface area is 143 Å². The average molecular weight is 333 g/mol. The first kappa shape index (κ1) is 17.3. The highest BCUT2D eigenvalue weighted by atomic mass is 16.5. The molecule has 1 aromatic heterocycles. The van der Waals surface area contributed by atoms with Gasteiger partial charge in [0, 0.05) is 51.7 Å². The molecule has 3 heterocycles. The molecule has 1 aromatic rings. The fourth-order valence-corrected chi connectivity index (χ4v) is 3.26. The smallest absolute Gasteiger partial charge is 0.251 e. The lowest BCUT2D eigenvalue weighted by atomic mass is 10.2. The number of amides is 1. The van der Waals surface area contributed by atoms with Crippen molar-refractivity contribution in [3.63, 3.8) is 0 Å². The Morgan fingerprint density at radius 2 is 2.04 bits per heavy atom. The van der Waals surface area contributed by atoms with E-state index < -0.39 is 0 Å². The van der Waals surface area contributed by atoms with E-state index >= 15 is 0 Å². The Morgan fingerprint density at radius 1 is 1.25 bits per heavy atom. The minimum absolute atomic E-state index is 0.131. The van der Waals surface area contributed by atoms with Crippen molar-refractivity contribution < 1.29 is 14.3 Å². The summed E-state index contributed by atoms with van der Waals surface area (Å²) in [6.45, 7) is 6.71. The molecule has 6 nitrogen and oxygen atoms in total. The molecule has 0 aliphatic carbocycles. The van der Waals surface area contributed by atoms with E-state index in [2.05, 4.69) is 9.88 Å². The third-order valence-electron chi connectivity index (χ3n) is 4.65. The molecule has 24 heavy (non-hydrogen) atoms. The van der Waals surface area contributed by atoms with E-state index in [1.165, 1.54) is 0 Å². The van der Waals surface area contributed by atoms with Crippen molar-refractivity contribution in [1.29, 1.82) is 0 Å². The molecule has 2 fully saturated rings. The zero-order chi connectivity index (χ0) is 16.6. The topological polar surface area (TPSA) is 54.9 Å². The Morgan fingerprint density at radius 3 is 2.75 bits per heavy atom. The molecule has 132 valence electrons. The highest BCUT2D eigenvalue weighted by molar-refractivity contribution is 5.81. The van der Waals surface area contributed by atoms with Crippen molar-refractivity contribution in [2.45, 2.75) is 31.9 Å². The fourth-order valence-electron chi connectivity index (χ4n) is 3.26. The van der Waals surface area contributed by atoms with Gasteiger partial charge in [-0.2, -0.15) is 0 Å². The maximum atomic E-state index is 12.8. The number of rotatable bonds is 7. The third kappa shape index (κ3) is 5.00. The summed E-state index contributed by atoms with van der Waals surface area (Å²) in [7, 11) is 0. The van der Waals surface area contributed by atoms with Crippen LogP contribution < -0.4 is 0 Å². The lowest BCUT2D eigenvalue weighted by Crippen LogP contribution is -2.41. The van der Waals surface area contributed by atoms with Gasteiger partial charge in [0.2, 0.25) is 0 Å². The zero-order valence-electron chi connectivity index (χ0n) is 14.2. The van der Waals surface area contributed by atoms with Crippen molar-refractivity contribution in [3.05, 3.63) is 30.1 Å². The number of nitrogens with zero attached hydrogens (tertiary/aromatic N) is 3. The molecule has 0 radical (unpaired) electrons. The lowest BCUT2D eigenvalue weighted by Gasteiger charge is -2.29. The van der Waals surface area contributed by atoms with E-state index in [1.807, 2.05) is 17.0 Å². The van der Waals surface area contributed by atoms with Gasteiger partial charge in [-0.25, -0.2) is 0 Å². The summed E-state index contributed by atoms with van der Waals surface area (Å²) in [5.74, 6) is 0.131. The van der Waals surface area contributed by atoms with Gasteiger partial charge < -0.3 is 14.4 Å². The molecule has 0 saturated carbocycles. The SMILES string of the molecule is O=C(C1CCCO1)N(CCCN1CCOCC1)Cc1ccncc1. The van der Waals surface area contributed by atoms with Crippen LogP contribution in [0.25, 0.3) is 0 Å². The van der Waals surface area contributed by atoms with Crippen LogP contribution in [0.4, 0.5) is 0 Å². The molecular formula is C18H27N3O3. The molecule has 1 unspecified atom stereocenters. The first-order valence-electron chi connectivity index (χ1n) is 8.92. The second kappa shape index (κ2) is 9.11. The number of hydrogen-bond acceptors (Lipinski definition) is 5. The van der Waals surface area contributed by atoms with Gasteiger partial charge in [-0.1, -0.05) is 0 Å². The summed E-state index contributed by atoms with van der Waals surface area (Å²) in [6.07, 6.45) is 6.09. The predicted octanol–water partition coefficient (Wildman–Crippen LogP) is 1.31. The monoisotopic (exact) mass is 333 g/mol. The summed E-state index contributed by atoms with van der Waals surface area (Å²) in [6, 6.07) is 3.94. The normalized spacial score (nSPS) is 21.8. The molecular weight excluding hydrogens is 306 g/mol. The first-order chi connectivity index (χ1) is 11.8. The molecule has 2 aliphatic heterocycles.